The van der Waals surface area contributed by atoms with Crippen molar-refractivity contribution in [2.75, 3.05) is 19.6 Å². The molecule has 0 heterocycles. The summed E-state index contributed by atoms with van der Waals surface area (Å²) in [6.45, 7) is 3.82. The lowest BCUT2D eigenvalue weighted by Crippen LogP contribution is -2.47. The first-order valence-corrected chi connectivity index (χ1v) is 17.9. The van der Waals surface area contributed by atoms with Crippen molar-refractivity contribution < 1.29 is 19.2 Å². The second-order valence-corrected chi connectivity index (χ2v) is 12.3. The van der Waals surface area contributed by atoms with E-state index in [4.69, 9.17) is 17.2 Å². The van der Waals surface area contributed by atoms with E-state index in [0.29, 0.717) is 58.2 Å². The highest BCUT2D eigenvalue weighted by Gasteiger charge is 2.20. The zero-order valence-electron chi connectivity index (χ0n) is 28.1. The zero-order chi connectivity index (χ0) is 32.7. The number of primary amides is 1. The Balaban J connectivity index is 3.87. The van der Waals surface area contributed by atoms with Crippen LogP contribution in [0.15, 0.2) is 0 Å². The molecular formula is C34H68N6O4. The molecule has 0 radical (unpaired) electrons. The highest BCUT2D eigenvalue weighted by molar-refractivity contribution is 5.87. The quantitative estimate of drug-likeness (QED) is 0.0581. The van der Waals surface area contributed by atoms with Crippen LogP contribution in [0.2, 0.25) is 0 Å². The van der Waals surface area contributed by atoms with Crippen LogP contribution < -0.4 is 33.2 Å². The third-order valence-electron chi connectivity index (χ3n) is 8.11. The van der Waals surface area contributed by atoms with E-state index in [9.17, 15) is 19.2 Å². The number of carbonyl (C=O) groups is 4. The van der Waals surface area contributed by atoms with Crippen LogP contribution in [-0.4, -0.2) is 55.3 Å². The van der Waals surface area contributed by atoms with E-state index in [2.05, 4.69) is 22.9 Å². The van der Waals surface area contributed by atoms with Gasteiger partial charge in [-0.15, -0.1) is 0 Å². The van der Waals surface area contributed by atoms with Gasteiger partial charge in [-0.1, -0.05) is 103 Å². The molecule has 9 N–H and O–H groups in total. The van der Waals surface area contributed by atoms with Crippen molar-refractivity contribution in [2.24, 2.45) is 17.2 Å². The van der Waals surface area contributed by atoms with Crippen molar-refractivity contribution in [3.05, 3.63) is 0 Å². The number of amides is 4. The molecule has 0 aliphatic rings. The molecule has 2 atom stereocenters. The van der Waals surface area contributed by atoms with Crippen LogP contribution >= 0.6 is 0 Å². The first-order valence-electron chi connectivity index (χ1n) is 17.9. The van der Waals surface area contributed by atoms with Crippen molar-refractivity contribution in [1.82, 2.24) is 16.0 Å². The third-order valence-corrected chi connectivity index (χ3v) is 8.11. The molecule has 0 saturated heterocycles. The van der Waals surface area contributed by atoms with Gasteiger partial charge >= 0.3 is 0 Å². The minimum absolute atomic E-state index is 0.0385. The number of hydrogen-bond acceptors (Lipinski definition) is 6. The number of hydrogen-bond donors (Lipinski definition) is 6. The van der Waals surface area contributed by atoms with Crippen LogP contribution in [0, 0.1) is 0 Å². The topological polar surface area (TPSA) is 182 Å². The summed E-state index contributed by atoms with van der Waals surface area (Å²) in [7, 11) is 0. The highest BCUT2D eigenvalue weighted by atomic mass is 16.2. The van der Waals surface area contributed by atoms with Crippen molar-refractivity contribution in [1.29, 1.82) is 0 Å². The van der Waals surface area contributed by atoms with E-state index in [0.717, 1.165) is 70.6 Å². The van der Waals surface area contributed by atoms with E-state index in [1.807, 2.05) is 0 Å². The van der Waals surface area contributed by atoms with Gasteiger partial charge in [-0.25, -0.2) is 0 Å². The Morgan fingerprint density at radius 2 is 0.909 bits per heavy atom. The molecule has 4 amide bonds. The number of carbonyl (C=O) groups excluding carboxylic acids is 4. The largest absolute Gasteiger partial charge is 0.368 e. The van der Waals surface area contributed by atoms with E-state index in [-0.39, 0.29) is 17.7 Å². The van der Waals surface area contributed by atoms with Gasteiger partial charge in [0.15, 0.2) is 0 Å². The molecule has 0 aliphatic carbocycles. The molecule has 0 aromatic rings. The fourth-order valence-corrected chi connectivity index (χ4v) is 5.31. The average Bonchev–Trinajstić information content (AvgIpc) is 3.00. The zero-order valence-corrected chi connectivity index (χ0v) is 28.1. The predicted octanol–water partition coefficient (Wildman–Crippen LogP) is 4.86. The maximum atomic E-state index is 12.7. The van der Waals surface area contributed by atoms with E-state index in [1.165, 1.54) is 44.9 Å². The van der Waals surface area contributed by atoms with Crippen molar-refractivity contribution in [2.45, 2.75) is 173 Å². The second kappa shape index (κ2) is 30.8. The Morgan fingerprint density at radius 3 is 1.34 bits per heavy atom. The molecule has 0 rings (SSSR count). The maximum absolute atomic E-state index is 12.7. The summed E-state index contributed by atoms with van der Waals surface area (Å²) in [5.41, 5.74) is 16.5. The smallest absolute Gasteiger partial charge is 0.242 e. The molecule has 0 fully saturated rings. The van der Waals surface area contributed by atoms with Crippen LogP contribution in [0.3, 0.4) is 0 Å². The van der Waals surface area contributed by atoms with Crippen LogP contribution in [0.4, 0.5) is 0 Å². The van der Waals surface area contributed by atoms with Crippen LogP contribution in [0.5, 0.6) is 0 Å². The molecule has 0 aromatic carbocycles. The van der Waals surface area contributed by atoms with Gasteiger partial charge in [0, 0.05) is 19.4 Å². The van der Waals surface area contributed by atoms with Crippen molar-refractivity contribution in [3.8, 4) is 0 Å². The van der Waals surface area contributed by atoms with Gasteiger partial charge in [0.25, 0.3) is 0 Å². The summed E-state index contributed by atoms with van der Waals surface area (Å²) in [6.07, 6.45) is 23.6. The summed E-state index contributed by atoms with van der Waals surface area (Å²) in [6, 6.07) is -1.13. The summed E-state index contributed by atoms with van der Waals surface area (Å²) in [5, 5.41) is 8.66. The first-order chi connectivity index (χ1) is 21.3. The van der Waals surface area contributed by atoms with Gasteiger partial charge in [-0.05, 0) is 58.0 Å². The SMILES string of the molecule is CCCCCCCCCCCC(=O)NC(CCCN)C(=O)NCCCCCCCCCCCC(=O)NC(CCCN)C(N)=O. The molecule has 0 aromatic heterocycles. The molecular weight excluding hydrogens is 556 g/mol. The van der Waals surface area contributed by atoms with Gasteiger partial charge in [0.2, 0.25) is 23.6 Å². The van der Waals surface area contributed by atoms with Gasteiger partial charge in [-0.3, -0.25) is 19.2 Å². The lowest BCUT2D eigenvalue weighted by Gasteiger charge is -2.18. The fourth-order valence-electron chi connectivity index (χ4n) is 5.31. The maximum Gasteiger partial charge on any atom is 0.242 e. The standard InChI is InChI=1S/C34H68N6O4/c1-2-3-4-5-6-8-11-15-18-25-32(42)40-30(23-21-27-36)34(44)38-28-19-16-13-10-7-9-12-14-17-24-31(41)39-29(33(37)43)22-20-26-35/h29-30H,2-28,35-36H2,1H3,(H2,37,43)(H,38,44)(H,39,41)(H,40,42). The molecule has 2 unspecified atom stereocenters. The van der Waals surface area contributed by atoms with E-state index >= 15 is 0 Å². The molecule has 0 bridgehead atoms. The minimum atomic E-state index is -0.628. The molecule has 10 nitrogen and oxygen atoms in total. The van der Waals surface area contributed by atoms with Crippen LogP contribution in [-0.2, 0) is 19.2 Å². The summed E-state index contributed by atoms with van der Waals surface area (Å²) >= 11 is 0. The Bertz CT molecular complexity index is 737. The fraction of sp³-hybridized carbons (Fsp3) is 0.882. The lowest BCUT2D eigenvalue weighted by molar-refractivity contribution is -0.129. The van der Waals surface area contributed by atoms with Crippen LogP contribution in [0.1, 0.15) is 161 Å². The molecule has 258 valence electrons. The number of rotatable bonds is 32. The lowest BCUT2D eigenvalue weighted by atomic mass is 10.1. The van der Waals surface area contributed by atoms with E-state index in [1.54, 1.807) is 0 Å². The Hall–Kier alpha value is -2.20. The first kappa shape index (κ1) is 41.8. The normalized spacial score (nSPS) is 12.4. The van der Waals surface area contributed by atoms with Crippen LogP contribution in [0.25, 0.3) is 0 Å². The van der Waals surface area contributed by atoms with Gasteiger partial charge < -0.3 is 33.2 Å². The number of nitrogens with two attached hydrogens (primary N) is 3. The summed E-state index contributed by atoms with van der Waals surface area (Å²) < 4.78 is 0. The molecule has 10 heteroatoms. The minimum Gasteiger partial charge on any atom is -0.368 e. The Morgan fingerprint density at radius 1 is 0.523 bits per heavy atom. The molecule has 0 aliphatic heterocycles. The van der Waals surface area contributed by atoms with Gasteiger partial charge in [-0.2, -0.15) is 0 Å². The van der Waals surface area contributed by atoms with E-state index < -0.39 is 18.0 Å². The molecule has 44 heavy (non-hydrogen) atoms. The van der Waals surface area contributed by atoms with Crippen molar-refractivity contribution in [3.63, 3.8) is 0 Å². The summed E-state index contributed by atoms with van der Waals surface area (Å²) in [5.74, 6) is -0.777. The second-order valence-electron chi connectivity index (χ2n) is 12.3. The highest BCUT2D eigenvalue weighted by Crippen LogP contribution is 2.12. The predicted molar refractivity (Wildman–Crippen MR) is 181 cm³/mol. The monoisotopic (exact) mass is 625 g/mol. The summed E-state index contributed by atoms with van der Waals surface area (Å²) in [4.78, 5) is 48.7. The van der Waals surface area contributed by atoms with Crippen molar-refractivity contribution >= 4 is 23.6 Å². The Kier molecular flexibility index (Phi) is 29.3. The number of unbranched alkanes of at least 4 members (excludes halogenated alkanes) is 16. The molecule has 0 saturated carbocycles. The number of nitrogens with one attached hydrogen (secondary N) is 3. The molecule has 0 spiro atoms. The average molecular weight is 625 g/mol. The Labute approximate surface area is 268 Å². The van der Waals surface area contributed by atoms with Gasteiger partial charge in [0.1, 0.15) is 12.1 Å². The van der Waals surface area contributed by atoms with Gasteiger partial charge in [0.05, 0.1) is 0 Å². The third kappa shape index (κ3) is 26.2.